The molecule has 1 N–H and O–H groups in total. The molecule has 2 rings (SSSR count). The number of aryl methyl sites for hydroxylation is 3. The second kappa shape index (κ2) is 6.50. The SMILES string of the molecule is CCCNC(c1cc(C)cc(C)c1)c1c(Br)nnn1C. The third kappa shape index (κ3) is 3.27. The number of halogens is 1. The Balaban J connectivity index is 2.47. The smallest absolute Gasteiger partial charge is 0.153 e. The lowest BCUT2D eigenvalue weighted by Crippen LogP contribution is -2.25. The fourth-order valence-corrected chi connectivity index (χ4v) is 3.04. The van der Waals surface area contributed by atoms with Gasteiger partial charge in [-0.05, 0) is 48.3 Å². The lowest BCUT2D eigenvalue weighted by atomic mass is 9.99. The Morgan fingerprint density at radius 1 is 1.25 bits per heavy atom. The molecule has 1 atom stereocenters. The summed E-state index contributed by atoms with van der Waals surface area (Å²) < 4.78 is 2.63. The summed E-state index contributed by atoms with van der Waals surface area (Å²) in [7, 11) is 1.93. The topological polar surface area (TPSA) is 42.7 Å². The first kappa shape index (κ1) is 15.2. The Labute approximate surface area is 128 Å². The largest absolute Gasteiger partial charge is 0.305 e. The van der Waals surface area contributed by atoms with Crippen LogP contribution in [0.4, 0.5) is 0 Å². The van der Waals surface area contributed by atoms with Crippen LogP contribution < -0.4 is 5.32 Å². The van der Waals surface area contributed by atoms with Crippen molar-refractivity contribution in [3.8, 4) is 0 Å². The molecule has 0 spiro atoms. The van der Waals surface area contributed by atoms with Gasteiger partial charge in [0.05, 0.1) is 11.7 Å². The molecular weight excluding hydrogens is 316 g/mol. The molecule has 2 aromatic rings. The van der Waals surface area contributed by atoms with E-state index in [2.05, 4.69) is 70.5 Å². The van der Waals surface area contributed by atoms with E-state index in [1.54, 1.807) is 0 Å². The lowest BCUT2D eigenvalue weighted by molar-refractivity contribution is 0.549. The molecule has 0 saturated carbocycles. The van der Waals surface area contributed by atoms with E-state index in [0.717, 1.165) is 23.3 Å². The van der Waals surface area contributed by atoms with E-state index >= 15 is 0 Å². The van der Waals surface area contributed by atoms with Gasteiger partial charge in [0, 0.05) is 7.05 Å². The van der Waals surface area contributed by atoms with Crippen molar-refractivity contribution >= 4 is 15.9 Å². The molecule has 0 bridgehead atoms. The van der Waals surface area contributed by atoms with Crippen molar-refractivity contribution in [3.05, 3.63) is 45.2 Å². The average molecular weight is 337 g/mol. The van der Waals surface area contributed by atoms with E-state index in [1.165, 1.54) is 16.7 Å². The Bertz CT molecular complexity index is 552. The van der Waals surface area contributed by atoms with Gasteiger partial charge in [-0.25, -0.2) is 4.68 Å². The first-order valence-corrected chi connectivity index (χ1v) is 7.69. The minimum absolute atomic E-state index is 0.0999. The second-order valence-corrected chi connectivity index (χ2v) is 5.95. The van der Waals surface area contributed by atoms with E-state index in [0.29, 0.717) is 0 Å². The first-order chi connectivity index (χ1) is 9.52. The summed E-state index contributed by atoms with van der Waals surface area (Å²) in [5, 5.41) is 11.8. The standard InChI is InChI=1S/C15H21BrN4/c1-5-6-17-13(14-15(16)18-19-20(14)4)12-8-10(2)7-11(3)9-12/h7-9,13,17H,5-6H2,1-4H3. The van der Waals surface area contributed by atoms with Crippen molar-refractivity contribution in [1.82, 2.24) is 20.3 Å². The van der Waals surface area contributed by atoms with Crippen molar-refractivity contribution in [1.29, 1.82) is 0 Å². The highest BCUT2D eigenvalue weighted by Gasteiger charge is 2.21. The van der Waals surface area contributed by atoms with E-state index < -0.39 is 0 Å². The Morgan fingerprint density at radius 2 is 1.90 bits per heavy atom. The van der Waals surface area contributed by atoms with Gasteiger partial charge in [-0.1, -0.05) is 41.5 Å². The third-order valence-electron chi connectivity index (χ3n) is 3.28. The van der Waals surface area contributed by atoms with Gasteiger partial charge in [-0.2, -0.15) is 0 Å². The van der Waals surface area contributed by atoms with Crippen LogP contribution in [0.5, 0.6) is 0 Å². The summed E-state index contributed by atoms with van der Waals surface area (Å²) in [6.07, 6.45) is 1.09. The molecule has 0 saturated heterocycles. The molecule has 4 nitrogen and oxygen atoms in total. The van der Waals surface area contributed by atoms with Crippen molar-refractivity contribution < 1.29 is 0 Å². The van der Waals surface area contributed by atoms with Gasteiger partial charge < -0.3 is 5.32 Å². The van der Waals surface area contributed by atoms with Crippen LogP contribution in [0.3, 0.4) is 0 Å². The summed E-state index contributed by atoms with van der Waals surface area (Å²) in [5.41, 5.74) is 4.86. The fourth-order valence-electron chi connectivity index (χ4n) is 2.48. The minimum Gasteiger partial charge on any atom is -0.305 e. The Hall–Kier alpha value is -1.20. The number of hydrogen-bond acceptors (Lipinski definition) is 3. The van der Waals surface area contributed by atoms with Gasteiger partial charge in [0.15, 0.2) is 4.60 Å². The van der Waals surface area contributed by atoms with Gasteiger partial charge in [0.2, 0.25) is 0 Å². The zero-order valence-electron chi connectivity index (χ0n) is 12.4. The first-order valence-electron chi connectivity index (χ1n) is 6.89. The van der Waals surface area contributed by atoms with Gasteiger partial charge in [-0.15, -0.1) is 5.10 Å². The predicted octanol–water partition coefficient (Wildman–Crippen LogP) is 3.28. The van der Waals surface area contributed by atoms with Gasteiger partial charge in [0.1, 0.15) is 0 Å². The molecule has 108 valence electrons. The summed E-state index contributed by atoms with van der Waals surface area (Å²) in [4.78, 5) is 0. The molecular formula is C15H21BrN4. The molecule has 1 aromatic heterocycles. The maximum Gasteiger partial charge on any atom is 0.153 e. The van der Waals surface area contributed by atoms with E-state index in [-0.39, 0.29) is 6.04 Å². The number of nitrogens with zero attached hydrogens (tertiary/aromatic N) is 3. The summed E-state index contributed by atoms with van der Waals surface area (Å²) >= 11 is 3.51. The molecule has 0 aliphatic rings. The molecule has 0 aliphatic carbocycles. The monoisotopic (exact) mass is 336 g/mol. The molecule has 5 heteroatoms. The third-order valence-corrected chi connectivity index (χ3v) is 3.84. The maximum atomic E-state index is 4.11. The molecule has 1 unspecified atom stereocenters. The van der Waals surface area contributed by atoms with Crippen LogP contribution in [0.25, 0.3) is 0 Å². The van der Waals surface area contributed by atoms with E-state index in [4.69, 9.17) is 0 Å². The summed E-state index contributed by atoms with van der Waals surface area (Å²) in [5.74, 6) is 0. The van der Waals surface area contributed by atoms with Gasteiger partial charge in [0.25, 0.3) is 0 Å². The zero-order valence-corrected chi connectivity index (χ0v) is 14.0. The Kier molecular flexibility index (Phi) is 4.94. The summed E-state index contributed by atoms with van der Waals surface area (Å²) in [6.45, 7) is 7.38. The van der Waals surface area contributed by atoms with Crippen LogP contribution in [0.1, 0.15) is 41.8 Å². The number of benzene rings is 1. The average Bonchev–Trinajstić information content (AvgIpc) is 2.70. The van der Waals surface area contributed by atoms with Crippen LogP contribution in [-0.2, 0) is 7.05 Å². The second-order valence-electron chi connectivity index (χ2n) is 5.20. The van der Waals surface area contributed by atoms with Gasteiger partial charge in [-0.3, -0.25) is 0 Å². The molecule has 0 fully saturated rings. The number of aromatic nitrogens is 3. The van der Waals surface area contributed by atoms with Crippen molar-refractivity contribution in [2.45, 2.75) is 33.2 Å². The van der Waals surface area contributed by atoms with Crippen molar-refractivity contribution in [2.24, 2.45) is 7.05 Å². The van der Waals surface area contributed by atoms with Crippen molar-refractivity contribution in [2.75, 3.05) is 6.54 Å². The quantitative estimate of drug-likeness (QED) is 0.910. The highest BCUT2D eigenvalue weighted by atomic mass is 79.9. The molecule has 20 heavy (non-hydrogen) atoms. The van der Waals surface area contributed by atoms with Gasteiger partial charge >= 0.3 is 0 Å². The van der Waals surface area contributed by atoms with Crippen molar-refractivity contribution in [3.63, 3.8) is 0 Å². The minimum atomic E-state index is 0.0999. The van der Waals surface area contributed by atoms with Crippen LogP contribution in [-0.4, -0.2) is 21.5 Å². The van der Waals surface area contributed by atoms with Crippen LogP contribution in [0, 0.1) is 13.8 Å². The van der Waals surface area contributed by atoms with Crippen LogP contribution in [0.15, 0.2) is 22.8 Å². The zero-order chi connectivity index (χ0) is 14.7. The molecule has 0 aliphatic heterocycles. The number of rotatable bonds is 5. The summed E-state index contributed by atoms with van der Waals surface area (Å²) in [6, 6.07) is 6.74. The number of nitrogens with one attached hydrogen (secondary N) is 1. The molecule has 1 heterocycles. The van der Waals surface area contributed by atoms with E-state index in [9.17, 15) is 0 Å². The van der Waals surface area contributed by atoms with Crippen LogP contribution in [0.2, 0.25) is 0 Å². The lowest BCUT2D eigenvalue weighted by Gasteiger charge is -2.20. The molecule has 1 aromatic carbocycles. The normalized spacial score (nSPS) is 12.7. The fraction of sp³-hybridized carbons (Fsp3) is 0.467. The number of hydrogen-bond donors (Lipinski definition) is 1. The molecule has 0 radical (unpaired) electrons. The molecule has 0 amide bonds. The maximum absolute atomic E-state index is 4.11. The van der Waals surface area contributed by atoms with E-state index in [1.807, 2.05) is 11.7 Å². The predicted molar refractivity (Wildman–Crippen MR) is 84.8 cm³/mol. The Morgan fingerprint density at radius 3 is 2.40 bits per heavy atom. The van der Waals surface area contributed by atoms with Crippen LogP contribution >= 0.6 is 15.9 Å². The highest BCUT2D eigenvalue weighted by molar-refractivity contribution is 9.10. The highest BCUT2D eigenvalue weighted by Crippen LogP contribution is 2.28.